The molecule has 0 aliphatic carbocycles. The van der Waals surface area contributed by atoms with Gasteiger partial charge in [-0.15, -0.1) is 0 Å². The summed E-state index contributed by atoms with van der Waals surface area (Å²) in [6.45, 7) is 0. The van der Waals surface area contributed by atoms with Gasteiger partial charge in [0.1, 0.15) is 20.4 Å². The van der Waals surface area contributed by atoms with Crippen molar-refractivity contribution in [3.05, 3.63) is 72.4 Å². The fraction of sp³-hybridized carbons (Fsp3) is 0.0500. The van der Waals surface area contributed by atoms with Crippen LogP contribution in [0.3, 0.4) is 0 Å². The van der Waals surface area contributed by atoms with E-state index in [-0.39, 0.29) is 131 Å². The van der Waals surface area contributed by atoms with E-state index >= 15 is 0 Å². The summed E-state index contributed by atoms with van der Waals surface area (Å²) in [4.78, 5) is 13.2. The molecule has 172 valence electrons. The van der Waals surface area contributed by atoms with Crippen LogP contribution in [0.1, 0.15) is 27.0 Å². The van der Waals surface area contributed by atoms with Crippen LogP contribution >= 0.6 is 110 Å². The maximum absolute atomic E-state index is 13.2. The number of rotatable bonds is 0. The fourth-order valence-corrected chi connectivity index (χ4v) is 7.39. The third kappa shape index (κ3) is 4.31. The van der Waals surface area contributed by atoms with Crippen molar-refractivity contribution in [2.75, 3.05) is 0 Å². The molecule has 3 aromatic carbocycles. The first-order valence-electron chi connectivity index (χ1n) is 8.63. The van der Waals surface area contributed by atoms with Crippen molar-refractivity contribution in [2.24, 2.45) is 0 Å². The Kier molecular flexibility index (Phi) is 9.68. The minimum atomic E-state index is -1.72. The SMILES string of the molecule is O=C1OC2(c3cc(Br)c(O)c(Br)c3Oc3c2cc(Br)c(O)c3Br)c2c(Cl)c(Cl)c(Cl)c(Cl)c21.[Na].[Na]. The molecule has 0 bridgehead atoms. The van der Waals surface area contributed by atoms with Crippen LogP contribution in [0.4, 0.5) is 0 Å². The van der Waals surface area contributed by atoms with E-state index in [2.05, 4.69) is 63.7 Å². The van der Waals surface area contributed by atoms with Gasteiger partial charge in [0, 0.05) is 64.7 Å². The van der Waals surface area contributed by atoms with Crippen molar-refractivity contribution in [1.82, 2.24) is 0 Å². The standard InChI is InChI=1S/C20H4Br4Cl4O5.2Na/c21-5-1-3-17(9(23)15(5)29)32-18-4(2-6(22)16(30)10(18)24)20(3)8-7(19(31)33-20)11(25)13(27)14(28)12(8)26;;/h1-2,29-30H;;. The number of esters is 1. The average Bonchev–Trinajstić information content (AvgIpc) is 3.08. The van der Waals surface area contributed by atoms with E-state index in [4.69, 9.17) is 55.9 Å². The number of aromatic hydroxyl groups is 2. The summed E-state index contributed by atoms with van der Waals surface area (Å²) < 4.78 is 13.0. The van der Waals surface area contributed by atoms with Crippen molar-refractivity contribution >= 4 is 175 Å². The molecule has 0 aromatic heterocycles. The summed E-state index contributed by atoms with van der Waals surface area (Å²) in [5.41, 5.74) is -1.02. The van der Waals surface area contributed by atoms with Gasteiger partial charge in [0.15, 0.2) is 17.1 Å². The Balaban J connectivity index is 0.00000171. The minimum absolute atomic E-state index is 0. The Labute approximate surface area is 296 Å². The smallest absolute Gasteiger partial charge is 0.341 e. The number of carbonyl (C=O) groups excluding carboxylic acids is 1. The quantitative estimate of drug-likeness (QED) is 0.103. The van der Waals surface area contributed by atoms with Crippen LogP contribution in [0.5, 0.6) is 23.0 Å². The Morgan fingerprint density at radius 2 is 1.17 bits per heavy atom. The number of halogens is 8. The van der Waals surface area contributed by atoms with Gasteiger partial charge in [-0.2, -0.15) is 0 Å². The molecule has 0 saturated carbocycles. The number of hydrogen-bond donors (Lipinski definition) is 2. The number of carbonyl (C=O) groups is 1. The van der Waals surface area contributed by atoms with E-state index < -0.39 is 11.6 Å². The van der Waals surface area contributed by atoms with E-state index in [1.165, 1.54) is 12.1 Å². The number of benzene rings is 3. The van der Waals surface area contributed by atoms with Gasteiger partial charge in [-0.05, 0) is 75.9 Å². The molecule has 0 fully saturated rings. The Bertz CT molecular complexity index is 1410. The number of ether oxygens (including phenoxy) is 2. The number of phenolic OH excluding ortho intramolecular Hbond substituents is 2. The molecule has 2 radical (unpaired) electrons. The van der Waals surface area contributed by atoms with Gasteiger partial charge in [0.2, 0.25) is 0 Å². The summed E-state index contributed by atoms with van der Waals surface area (Å²) in [6, 6.07) is 3.06. The van der Waals surface area contributed by atoms with Gasteiger partial charge in [0.25, 0.3) is 0 Å². The zero-order chi connectivity index (χ0) is 24.1. The molecule has 0 saturated heterocycles. The maximum atomic E-state index is 13.2. The molecule has 35 heavy (non-hydrogen) atoms. The number of fused-ring (bicyclic) bond motifs is 6. The van der Waals surface area contributed by atoms with Gasteiger partial charge >= 0.3 is 5.97 Å². The van der Waals surface area contributed by atoms with Gasteiger partial charge < -0.3 is 19.7 Å². The number of hydrogen-bond acceptors (Lipinski definition) is 5. The van der Waals surface area contributed by atoms with E-state index in [1.54, 1.807) is 0 Å². The predicted octanol–water partition coefficient (Wildman–Crippen LogP) is 8.57. The Morgan fingerprint density at radius 3 is 1.63 bits per heavy atom. The minimum Gasteiger partial charge on any atom is -0.505 e. The van der Waals surface area contributed by atoms with Crippen molar-refractivity contribution in [3.8, 4) is 23.0 Å². The second-order valence-corrected chi connectivity index (χ2v) is 11.8. The van der Waals surface area contributed by atoms with Gasteiger partial charge in [0.05, 0.1) is 45.7 Å². The number of phenols is 2. The molecule has 15 heteroatoms. The van der Waals surface area contributed by atoms with Gasteiger partial charge in [-0.25, -0.2) is 4.79 Å². The summed E-state index contributed by atoms with van der Waals surface area (Å²) in [7, 11) is 0. The van der Waals surface area contributed by atoms with Crippen molar-refractivity contribution in [2.45, 2.75) is 5.60 Å². The Hall–Kier alpha value is 1.61. The molecule has 2 aliphatic heterocycles. The second kappa shape index (κ2) is 10.9. The predicted molar refractivity (Wildman–Crippen MR) is 150 cm³/mol. The maximum Gasteiger partial charge on any atom is 0.341 e. The van der Waals surface area contributed by atoms with Crippen LogP contribution in [-0.4, -0.2) is 75.3 Å². The molecule has 0 amide bonds. The molecule has 0 atom stereocenters. The second-order valence-electron chi connectivity index (χ2n) is 6.97. The molecular formula is C20H4Br4Cl4Na2O5. The third-order valence-electron chi connectivity index (χ3n) is 5.33. The van der Waals surface area contributed by atoms with Crippen LogP contribution in [-0.2, 0) is 10.3 Å². The van der Waals surface area contributed by atoms with Crippen LogP contribution in [0.25, 0.3) is 0 Å². The average molecular weight is 832 g/mol. The molecule has 1 spiro atoms. The van der Waals surface area contributed by atoms with Crippen LogP contribution in [0.2, 0.25) is 20.1 Å². The monoisotopic (exact) mass is 826 g/mol. The van der Waals surface area contributed by atoms with Crippen LogP contribution < -0.4 is 4.74 Å². The van der Waals surface area contributed by atoms with Crippen LogP contribution in [0.15, 0.2) is 30.0 Å². The summed E-state index contributed by atoms with van der Waals surface area (Å²) in [6.07, 6.45) is 0. The zero-order valence-corrected chi connectivity index (χ0v) is 30.7. The molecule has 2 aliphatic rings. The third-order valence-corrected chi connectivity index (χ3v) is 9.81. The summed E-state index contributed by atoms with van der Waals surface area (Å²) in [5.74, 6) is -0.885. The first-order chi connectivity index (χ1) is 15.4. The Morgan fingerprint density at radius 1 is 0.743 bits per heavy atom. The molecule has 5 rings (SSSR count). The van der Waals surface area contributed by atoms with Crippen molar-refractivity contribution in [1.29, 1.82) is 0 Å². The molecule has 5 nitrogen and oxygen atoms in total. The molecule has 3 aromatic rings. The first-order valence-corrected chi connectivity index (χ1v) is 13.3. The van der Waals surface area contributed by atoms with Crippen molar-refractivity contribution < 1.29 is 24.5 Å². The van der Waals surface area contributed by atoms with E-state index in [0.717, 1.165) is 0 Å². The van der Waals surface area contributed by atoms with Crippen molar-refractivity contribution in [3.63, 3.8) is 0 Å². The zero-order valence-electron chi connectivity index (χ0n) is 17.3. The molecular weight excluding hydrogens is 828 g/mol. The molecule has 2 N–H and O–H groups in total. The van der Waals surface area contributed by atoms with Gasteiger partial charge in [-0.1, -0.05) is 46.4 Å². The van der Waals surface area contributed by atoms with Crippen LogP contribution in [0, 0.1) is 0 Å². The largest absolute Gasteiger partial charge is 0.505 e. The summed E-state index contributed by atoms with van der Waals surface area (Å²) in [5, 5.41) is 20.7. The van der Waals surface area contributed by atoms with E-state index in [0.29, 0.717) is 11.1 Å². The molecule has 2 heterocycles. The topological polar surface area (TPSA) is 76.0 Å². The summed E-state index contributed by atoms with van der Waals surface area (Å²) >= 11 is 39.0. The van der Waals surface area contributed by atoms with E-state index in [1.807, 2.05) is 0 Å². The normalized spacial score (nSPS) is 14.2. The van der Waals surface area contributed by atoms with Gasteiger partial charge in [-0.3, -0.25) is 0 Å². The fourth-order valence-electron chi connectivity index (χ4n) is 3.93. The van der Waals surface area contributed by atoms with E-state index in [9.17, 15) is 15.0 Å². The molecule has 0 unspecified atom stereocenters. The first kappa shape index (κ1) is 31.1.